The Kier molecular flexibility index (Phi) is 4.72. The third-order valence-electron chi connectivity index (χ3n) is 1.88. The average Bonchev–Trinajstić information content (AvgIpc) is 2.53. The predicted molar refractivity (Wildman–Crippen MR) is 69.2 cm³/mol. The summed E-state index contributed by atoms with van der Waals surface area (Å²) in [4.78, 5) is 0.0760. The molecule has 1 aromatic rings. The number of nitrogen functional groups attached to an aromatic ring is 1. The average molecular weight is 279 g/mol. The highest BCUT2D eigenvalue weighted by molar-refractivity contribution is 7.91. The van der Waals surface area contributed by atoms with Crippen LogP contribution in [0.2, 0.25) is 0 Å². The number of nitrogens with zero attached hydrogens (tertiary/aromatic N) is 1. The van der Waals surface area contributed by atoms with Crippen LogP contribution in [-0.2, 0) is 14.6 Å². The van der Waals surface area contributed by atoms with Crippen molar-refractivity contribution < 1.29 is 13.2 Å². The molecule has 17 heavy (non-hydrogen) atoms. The molecule has 1 aromatic heterocycles. The van der Waals surface area contributed by atoms with Crippen molar-refractivity contribution in [3.63, 3.8) is 0 Å². The molecule has 0 unspecified atom stereocenters. The van der Waals surface area contributed by atoms with Gasteiger partial charge in [0.2, 0.25) is 0 Å². The highest BCUT2D eigenvalue weighted by Gasteiger charge is 2.20. The van der Waals surface area contributed by atoms with E-state index in [-0.39, 0.29) is 16.8 Å². The van der Waals surface area contributed by atoms with Crippen LogP contribution in [0.5, 0.6) is 0 Å². The number of nitrogens with one attached hydrogen (secondary N) is 1. The highest BCUT2D eigenvalue weighted by atomic mass is 32.2. The van der Waals surface area contributed by atoms with Crippen molar-refractivity contribution in [3.05, 3.63) is 0 Å². The van der Waals surface area contributed by atoms with Crippen LogP contribution in [0.3, 0.4) is 0 Å². The SMILES string of the molecule is CC(C)OCCNc1snc(N)c1S(C)(=O)=O. The topological polar surface area (TPSA) is 94.3 Å². The quantitative estimate of drug-likeness (QED) is 0.753. The summed E-state index contributed by atoms with van der Waals surface area (Å²) in [6.45, 7) is 4.89. The van der Waals surface area contributed by atoms with Gasteiger partial charge in [-0.25, -0.2) is 8.42 Å². The Hall–Kier alpha value is -0.860. The smallest absolute Gasteiger partial charge is 0.182 e. The van der Waals surface area contributed by atoms with E-state index in [1.165, 1.54) is 0 Å². The Morgan fingerprint density at radius 3 is 2.71 bits per heavy atom. The Bertz CT molecular complexity index is 468. The molecule has 0 aromatic carbocycles. The molecule has 98 valence electrons. The molecule has 3 N–H and O–H groups in total. The number of sulfone groups is 1. The molecule has 0 atom stereocenters. The molecule has 0 bridgehead atoms. The van der Waals surface area contributed by atoms with Crippen LogP contribution in [0, 0.1) is 0 Å². The highest BCUT2D eigenvalue weighted by Crippen LogP contribution is 2.30. The van der Waals surface area contributed by atoms with Crippen LogP contribution in [0.25, 0.3) is 0 Å². The van der Waals surface area contributed by atoms with E-state index in [2.05, 4.69) is 9.69 Å². The van der Waals surface area contributed by atoms with Gasteiger partial charge in [-0.05, 0) is 25.4 Å². The van der Waals surface area contributed by atoms with E-state index in [1.54, 1.807) is 0 Å². The van der Waals surface area contributed by atoms with E-state index in [4.69, 9.17) is 10.5 Å². The van der Waals surface area contributed by atoms with Gasteiger partial charge >= 0.3 is 0 Å². The molecular formula is C9H17N3O3S2. The van der Waals surface area contributed by atoms with Gasteiger partial charge in [0.15, 0.2) is 15.7 Å². The van der Waals surface area contributed by atoms with Gasteiger partial charge < -0.3 is 15.8 Å². The zero-order valence-electron chi connectivity index (χ0n) is 10.1. The molecule has 8 heteroatoms. The second-order valence-electron chi connectivity index (χ2n) is 3.84. The predicted octanol–water partition coefficient (Wildman–Crippen LogP) is 0.966. The lowest BCUT2D eigenvalue weighted by Crippen LogP contribution is -2.14. The Labute approximate surface area is 105 Å². The van der Waals surface area contributed by atoms with Crippen molar-refractivity contribution in [2.75, 3.05) is 30.5 Å². The number of rotatable bonds is 6. The Balaban J connectivity index is 2.67. The zero-order chi connectivity index (χ0) is 13.1. The molecule has 6 nitrogen and oxygen atoms in total. The van der Waals surface area contributed by atoms with Crippen LogP contribution in [0.4, 0.5) is 10.8 Å². The maximum Gasteiger partial charge on any atom is 0.182 e. The molecule has 1 heterocycles. The molecule has 0 aliphatic rings. The van der Waals surface area contributed by atoms with E-state index >= 15 is 0 Å². The van der Waals surface area contributed by atoms with E-state index < -0.39 is 9.84 Å². The maximum absolute atomic E-state index is 11.5. The van der Waals surface area contributed by atoms with Gasteiger partial charge in [0.25, 0.3) is 0 Å². The first-order chi connectivity index (χ1) is 7.82. The second kappa shape index (κ2) is 5.65. The molecule has 0 spiro atoms. The number of ether oxygens (including phenoxy) is 1. The molecule has 1 rings (SSSR count). The summed E-state index contributed by atoms with van der Waals surface area (Å²) < 4.78 is 32.2. The Morgan fingerprint density at radius 2 is 2.18 bits per heavy atom. The number of hydrogen-bond acceptors (Lipinski definition) is 7. The molecule has 0 aliphatic heterocycles. The lowest BCUT2D eigenvalue weighted by molar-refractivity contribution is 0.0871. The maximum atomic E-state index is 11.5. The van der Waals surface area contributed by atoms with E-state index in [0.29, 0.717) is 18.2 Å². The van der Waals surface area contributed by atoms with Crippen LogP contribution in [0.15, 0.2) is 4.90 Å². The summed E-state index contributed by atoms with van der Waals surface area (Å²) in [5.74, 6) is 0.0461. The molecule has 0 saturated heterocycles. The molecule has 0 radical (unpaired) electrons. The van der Waals surface area contributed by atoms with Crippen molar-refractivity contribution in [2.45, 2.75) is 24.8 Å². The Morgan fingerprint density at radius 1 is 1.53 bits per heavy atom. The van der Waals surface area contributed by atoms with E-state index in [1.807, 2.05) is 13.8 Å². The van der Waals surface area contributed by atoms with E-state index in [0.717, 1.165) is 17.8 Å². The number of anilines is 2. The normalized spacial score (nSPS) is 12.0. The minimum atomic E-state index is -3.35. The lowest BCUT2D eigenvalue weighted by Gasteiger charge is -2.08. The molecular weight excluding hydrogens is 262 g/mol. The van der Waals surface area contributed by atoms with Crippen LogP contribution in [-0.4, -0.2) is 38.3 Å². The fraction of sp³-hybridized carbons (Fsp3) is 0.667. The summed E-state index contributed by atoms with van der Waals surface area (Å²) in [6, 6.07) is 0. The van der Waals surface area contributed by atoms with Gasteiger partial charge in [-0.3, -0.25) is 0 Å². The first-order valence-corrected chi connectivity index (χ1v) is 7.79. The van der Waals surface area contributed by atoms with Crippen LogP contribution < -0.4 is 11.1 Å². The first-order valence-electron chi connectivity index (χ1n) is 5.13. The minimum absolute atomic E-state index is 0.0461. The third kappa shape index (κ3) is 4.14. The number of hydrogen-bond donors (Lipinski definition) is 2. The minimum Gasteiger partial charge on any atom is -0.382 e. The molecule has 0 saturated carbocycles. The van der Waals surface area contributed by atoms with Crippen molar-refractivity contribution in [1.82, 2.24) is 4.37 Å². The van der Waals surface area contributed by atoms with Crippen LogP contribution in [0.1, 0.15) is 13.8 Å². The standard InChI is InChI=1S/C9H17N3O3S2/c1-6(2)15-5-4-11-9-7(17(3,13)14)8(10)12-16-9/h6,11H,4-5H2,1-3H3,(H2,10,12). The molecule has 0 amide bonds. The molecule has 0 aliphatic carbocycles. The third-order valence-corrected chi connectivity index (χ3v) is 3.99. The zero-order valence-corrected chi connectivity index (χ0v) is 11.7. The van der Waals surface area contributed by atoms with Crippen molar-refractivity contribution in [3.8, 4) is 0 Å². The summed E-state index contributed by atoms with van der Waals surface area (Å²) in [6.07, 6.45) is 1.26. The van der Waals surface area contributed by atoms with Crippen molar-refractivity contribution in [2.24, 2.45) is 0 Å². The number of aromatic nitrogens is 1. The van der Waals surface area contributed by atoms with Gasteiger partial charge in [-0.1, -0.05) is 0 Å². The van der Waals surface area contributed by atoms with Crippen LogP contribution >= 0.6 is 11.5 Å². The monoisotopic (exact) mass is 279 g/mol. The van der Waals surface area contributed by atoms with E-state index in [9.17, 15) is 8.42 Å². The summed E-state index contributed by atoms with van der Waals surface area (Å²) >= 11 is 1.04. The van der Waals surface area contributed by atoms with Gasteiger partial charge in [-0.15, -0.1) is 0 Å². The van der Waals surface area contributed by atoms with Gasteiger partial charge in [0.05, 0.1) is 12.7 Å². The summed E-state index contributed by atoms with van der Waals surface area (Å²) in [5, 5.41) is 3.44. The van der Waals surface area contributed by atoms with Crippen molar-refractivity contribution >= 4 is 32.2 Å². The lowest BCUT2D eigenvalue weighted by atomic mass is 10.5. The van der Waals surface area contributed by atoms with Crippen molar-refractivity contribution in [1.29, 1.82) is 0 Å². The van der Waals surface area contributed by atoms with Gasteiger partial charge in [0, 0.05) is 12.8 Å². The fourth-order valence-corrected chi connectivity index (χ4v) is 3.32. The van der Waals surface area contributed by atoms with Gasteiger partial charge in [-0.2, -0.15) is 4.37 Å². The summed E-state index contributed by atoms with van der Waals surface area (Å²) in [7, 11) is -3.35. The first kappa shape index (κ1) is 14.2. The number of nitrogens with two attached hydrogens (primary N) is 1. The van der Waals surface area contributed by atoms with Gasteiger partial charge in [0.1, 0.15) is 9.90 Å². The summed E-state index contributed by atoms with van der Waals surface area (Å²) in [5.41, 5.74) is 5.53. The largest absolute Gasteiger partial charge is 0.382 e. The molecule has 0 fully saturated rings. The fourth-order valence-electron chi connectivity index (χ4n) is 1.22. The second-order valence-corrected chi connectivity index (χ2v) is 6.57.